The average molecular weight is 452 g/mol. The summed E-state index contributed by atoms with van der Waals surface area (Å²) in [6.45, 7) is 9.52. The number of carbonyl (C=O) groups excluding carboxylic acids is 3. The van der Waals surface area contributed by atoms with Crippen LogP contribution in [0.2, 0.25) is 0 Å². The van der Waals surface area contributed by atoms with Crippen LogP contribution in [0.1, 0.15) is 31.2 Å². The van der Waals surface area contributed by atoms with Crippen LogP contribution in [0.25, 0.3) is 0 Å². The monoisotopic (exact) mass is 452 g/mol. The van der Waals surface area contributed by atoms with Gasteiger partial charge in [-0.3, -0.25) is 19.1 Å². The highest BCUT2D eigenvalue weighted by molar-refractivity contribution is 6.23. The van der Waals surface area contributed by atoms with Crippen LogP contribution in [0, 0.1) is 13.8 Å². The predicted octanol–water partition coefficient (Wildman–Crippen LogP) is -1.12. The smallest absolute Gasteiger partial charge is 0.360 e. The lowest BCUT2D eigenvalue weighted by Gasteiger charge is -2.22. The molecule has 32 heavy (non-hydrogen) atoms. The molecule has 1 aromatic rings. The Morgan fingerprint density at radius 3 is 2.53 bits per heavy atom. The second-order valence-corrected chi connectivity index (χ2v) is 7.39. The van der Waals surface area contributed by atoms with Crippen LogP contribution < -0.4 is 15.9 Å². The molecule has 0 aliphatic rings. The van der Waals surface area contributed by atoms with Gasteiger partial charge in [0, 0.05) is 32.3 Å². The van der Waals surface area contributed by atoms with E-state index >= 15 is 0 Å². The molecule has 3 N–H and O–H groups in total. The predicted molar refractivity (Wildman–Crippen MR) is 122 cm³/mol. The molecule has 0 atom stereocenters. The summed E-state index contributed by atoms with van der Waals surface area (Å²) in [5, 5.41) is 12.7. The number of carbonyl (C=O) groups is 3. The van der Waals surface area contributed by atoms with E-state index in [9.17, 15) is 14.4 Å². The fourth-order valence-corrected chi connectivity index (χ4v) is 3.06. The van der Waals surface area contributed by atoms with E-state index in [0.717, 1.165) is 44.1 Å². The fraction of sp³-hybridized carbons (Fsp3) is 0.700. The van der Waals surface area contributed by atoms with Crippen LogP contribution in [0.5, 0.6) is 0 Å². The molecule has 0 fully saturated rings. The highest BCUT2D eigenvalue weighted by Crippen LogP contribution is 2.03. The van der Waals surface area contributed by atoms with Crippen LogP contribution in [0.3, 0.4) is 0 Å². The van der Waals surface area contributed by atoms with Gasteiger partial charge in [-0.1, -0.05) is 0 Å². The second-order valence-electron chi connectivity index (χ2n) is 7.39. The Morgan fingerprint density at radius 2 is 1.88 bits per heavy atom. The highest BCUT2D eigenvalue weighted by Gasteiger charge is 2.11. The minimum Gasteiger partial charge on any atom is -0.465 e. The molecule has 0 aromatic carbocycles. The van der Waals surface area contributed by atoms with Crippen LogP contribution in [0.4, 0.5) is 0 Å². The molecule has 0 aliphatic heterocycles. The molecule has 0 saturated carbocycles. The number of hydrogen-bond acceptors (Lipinski definition) is 8. The molecule has 180 valence electrons. The van der Waals surface area contributed by atoms with E-state index in [1.807, 2.05) is 18.5 Å². The Labute approximate surface area is 190 Å². The summed E-state index contributed by atoms with van der Waals surface area (Å²) in [6, 6.07) is 2.05. The van der Waals surface area contributed by atoms with Crippen molar-refractivity contribution in [3.05, 3.63) is 17.5 Å². The number of esters is 1. The summed E-state index contributed by atoms with van der Waals surface area (Å²) in [6.07, 6.45) is 0.977. The number of nitrogens with one attached hydrogen (secondary N) is 3. The van der Waals surface area contributed by atoms with Crippen molar-refractivity contribution in [1.29, 1.82) is 0 Å². The summed E-state index contributed by atoms with van der Waals surface area (Å²) in [5.74, 6) is -1.14. The van der Waals surface area contributed by atoms with E-state index in [1.165, 1.54) is 0 Å². The minimum absolute atomic E-state index is 0.166. The van der Waals surface area contributed by atoms with Crippen LogP contribution in [-0.2, 0) is 30.3 Å². The lowest BCUT2D eigenvalue weighted by molar-refractivity contribution is -0.143. The molecule has 0 aliphatic carbocycles. The summed E-state index contributed by atoms with van der Waals surface area (Å²) < 4.78 is 11.7. The first-order valence-electron chi connectivity index (χ1n) is 11.0. The molecule has 0 saturated heterocycles. The van der Waals surface area contributed by atoms with Gasteiger partial charge >= 0.3 is 13.6 Å². The van der Waals surface area contributed by atoms with Crippen LogP contribution >= 0.6 is 0 Å². The molecule has 2 amide bonds. The molecule has 1 rings (SSSR count). The normalized spacial score (nSPS) is 10.8. The first kappa shape index (κ1) is 27.6. The fourth-order valence-electron chi connectivity index (χ4n) is 3.06. The highest BCUT2D eigenvalue weighted by atomic mass is 16.5. The molecular weight excluding hydrogens is 415 g/mol. The lowest BCUT2D eigenvalue weighted by atomic mass is 10.2. The topological polar surface area (TPSA) is 127 Å². The van der Waals surface area contributed by atoms with Gasteiger partial charge in [-0.25, -0.2) is 0 Å². The third kappa shape index (κ3) is 12.4. The maximum absolute atomic E-state index is 12.1. The van der Waals surface area contributed by atoms with E-state index in [1.54, 1.807) is 14.0 Å². The number of ether oxygens (including phenoxy) is 1. The summed E-state index contributed by atoms with van der Waals surface area (Å²) in [5.41, 5.74) is 2.12. The van der Waals surface area contributed by atoms with E-state index in [2.05, 4.69) is 31.9 Å². The SMILES string of the molecule is CCOC(=O)CNC(=O)CNC(=O)CCCN(CCNBOC)CCn1nc(C)cc1C. The van der Waals surface area contributed by atoms with Crippen LogP contribution in [-0.4, -0.2) is 93.1 Å². The van der Waals surface area contributed by atoms with E-state index in [4.69, 9.17) is 9.39 Å². The molecule has 0 unspecified atom stereocenters. The zero-order valence-corrected chi connectivity index (χ0v) is 19.7. The van der Waals surface area contributed by atoms with Crippen molar-refractivity contribution in [2.45, 2.75) is 40.2 Å². The quantitative estimate of drug-likeness (QED) is 0.154. The molecule has 1 heterocycles. The van der Waals surface area contributed by atoms with E-state index in [-0.39, 0.29) is 25.6 Å². The van der Waals surface area contributed by atoms with Gasteiger partial charge in [-0.15, -0.1) is 0 Å². The van der Waals surface area contributed by atoms with Gasteiger partial charge in [0.05, 0.1) is 25.4 Å². The van der Waals surface area contributed by atoms with Crippen molar-refractivity contribution in [2.24, 2.45) is 0 Å². The third-order valence-electron chi connectivity index (χ3n) is 4.64. The molecule has 0 bridgehead atoms. The van der Waals surface area contributed by atoms with Crippen molar-refractivity contribution in [3.8, 4) is 0 Å². The second kappa shape index (κ2) is 16.2. The Bertz CT molecular complexity index is 715. The Kier molecular flexibility index (Phi) is 14.0. The molecule has 0 radical (unpaired) electrons. The molecular formula is C20H37BN6O5. The summed E-state index contributed by atoms with van der Waals surface area (Å²) in [4.78, 5) is 37.2. The van der Waals surface area contributed by atoms with Gasteiger partial charge < -0.3 is 30.2 Å². The van der Waals surface area contributed by atoms with Gasteiger partial charge in [0.15, 0.2) is 0 Å². The zero-order valence-electron chi connectivity index (χ0n) is 19.7. The third-order valence-corrected chi connectivity index (χ3v) is 4.64. The van der Waals surface area contributed by atoms with Gasteiger partial charge in [0.1, 0.15) is 6.54 Å². The standard InChI is InChI=1S/C20H37BN6O5/c1-5-32-20(30)15-23-19(29)14-22-18(28)7-6-9-26(10-8-24-21-31-4)11-12-27-17(3)13-16(2)25-27/h13,21,24H,5-12,14-15H2,1-4H3,(H,22,28)(H,23,29). The number of rotatable bonds is 17. The van der Waals surface area contributed by atoms with Crippen molar-refractivity contribution >= 4 is 25.4 Å². The lowest BCUT2D eigenvalue weighted by Crippen LogP contribution is -2.40. The first-order chi connectivity index (χ1) is 15.3. The zero-order chi connectivity index (χ0) is 23.8. The first-order valence-corrected chi connectivity index (χ1v) is 11.0. The van der Waals surface area contributed by atoms with Crippen molar-refractivity contribution in [3.63, 3.8) is 0 Å². The van der Waals surface area contributed by atoms with Gasteiger partial charge in [-0.05, 0) is 46.3 Å². The number of hydrogen-bond donors (Lipinski definition) is 3. The Hall–Kier alpha value is -2.44. The largest absolute Gasteiger partial charge is 0.465 e. The summed E-state index contributed by atoms with van der Waals surface area (Å²) in [7, 11) is 2.13. The number of aromatic nitrogens is 2. The molecule has 11 nitrogen and oxygen atoms in total. The van der Waals surface area contributed by atoms with Crippen LogP contribution in [0.15, 0.2) is 6.07 Å². The maximum atomic E-state index is 12.1. The van der Waals surface area contributed by atoms with E-state index in [0.29, 0.717) is 20.5 Å². The van der Waals surface area contributed by atoms with E-state index < -0.39 is 11.9 Å². The van der Waals surface area contributed by atoms with Gasteiger partial charge in [-0.2, -0.15) is 5.10 Å². The number of aryl methyl sites for hydroxylation is 2. The van der Waals surface area contributed by atoms with Crippen molar-refractivity contribution in [1.82, 2.24) is 30.5 Å². The number of nitrogens with zero attached hydrogens (tertiary/aromatic N) is 3. The number of amides is 2. The Morgan fingerprint density at radius 1 is 1.12 bits per heavy atom. The van der Waals surface area contributed by atoms with Crippen molar-refractivity contribution in [2.75, 3.05) is 53.0 Å². The summed E-state index contributed by atoms with van der Waals surface area (Å²) >= 11 is 0. The van der Waals surface area contributed by atoms with Crippen molar-refractivity contribution < 1.29 is 23.8 Å². The van der Waals surface area contributed by atoms with Gasteiger partial charge in [0.2, 0.25) is 11.8 Å². The molecule has 12 heteroatoms. The molecule has 1 aromatic heterocycles. The Balaban J connectivity index is 2.34. The average Bonchev–Trinajstić information content (AvgIpc) is 3.08. The van der Waals surface area contributed by atoms with Gasteiger partial charge in [0.25, 0.3) is 0 Å². The maximum Gasteiger partial charge on any atom is 0.360 e. The minimum atomic E-state index is -0.507. The molecule has 0 spiro atoms.